The van der Waals surface area contributed by atoms with E-state index in [4.69, 9.17) is 14.0 Å². The third-order valence-electron chi connectivity index (χ3n) is 4.61. The standard InChI is InChI=1S/C19H27NO11S2/c21-11-13-15(22)16(23)17(24)19(30-13)32-14(20-31-33(26,27)28)9-5-2-6-10-29-18(25)12-7-3-1-4-8-12/h1,3-4,7-8,13,15-17,19,21-24H,2,5-6,9-11H2,(H,26,27,28)/b20-14+/t13-,15-,16+,17-,19+/m1/s1. The summed E-state index contributed by atoms with van der Waals surface area (Å²) in [4.78, 5) is 11.9. The highest BCUT2D eigenvalue weighted by molar-refractivity contribution is 8.14. The van der Waals surface area contributed by atoms with Crippen molar-refractivity contribution in [2.45, 2.75) is 55.5 Å². The van der Waals surface area contributed by atoms with Crippen LogP contribution >= 0.6 is 11.8 Å². The number of hydrogen-bond acceptors (Lipinski definition) is 12. The summed E-state index contributed by atoms with van der Waals surface area (Å²) in [5.74, 6) is -0.447. The minimum absolute atomic E-state index is 0.0123. The summed E-state index contributed by atoms with van der Waals surface area (Å²) in [5, 5.41) is 42.5. The zero-order valence-corrected chi connectivity index (χ0v) is 19.1. The summed E-state index contributed by atoms with van der Waals surface area (Å²) in [6.45, 7) is -0.459. The van der Waals surface area contributed by atoms with E-state index in [1.807, 2.05) is 0 Å². The van der Waals surface area contributed by atoms with E-state index in [9.17, 15) is 33.6 Å². The molecule has 1 aliphatic rings. The summed E-state index contributed by atoms with van der Waals surface area (Å²) >= 11 is 0.715. The number of rotatable bonds is 11. The smallest absolute Gasteiger partial charge is 0.462 e. The second-order valence-electron chi connectivity index (χ2n) is 7.12. The first kappa shape index (κ1) is 27.5. The Labute approximate surface area is 195 Å². The highest BCUT2D eigenvalue weighted by Crippen LogP contribution is 2.30. The van der Waals surface area contributed by atoms with Crippen molar-refractivity contribution in [3.05, 3.63) is 35.9 Å². The number of aliphatic hydroxyl groups is 4. The van der Waals surface area contributed by atoms with Crippen LogP contribution in [0.2, 0.25) is 0 Å². The Balaban J connectivity index is 1.86. The van der Waals surface area contributed by atoms with E-state index in [1.165, 1.54) is 0 Å². The zero-order chi connectivity index (χ0) is 24.4. The van der Waals surface area contributed by atoms with E-state index in [1.54, 1.807) is 30.3 Å². The molecule has 5 N–H and O–H groups in total. The molecule has 5 atom stereocenters. The number of carbonyl (C=O) groups is 1. The van der Waals surface area contributed by atoms with Crippen LogP contribution in [0, 0.1) is 0 Å². The van der Waals surface area contributed by atoms with Crippen LogP contribution in [0.25, 0.3) is 0 Å². The van der Waals surface area contributed by atoms with E-state index >= 15 is 0 Å². The van der Waals surface area contributed by atoms with Crippen molar-refractivity contribution in [1.29, 1.82) is 0 Å². The lowest BCUT2D eigenvalue weighted by Gasteiger charge is -2.39. The number of nitrogens with zero attached hydrogens (tertiary/aromatic N) is 1. The van der Waals surface area contributed by atoms with Gasteiger partial charge < -0.3 is 29.9 Å². The van der Waals surface area contributed by atoms with Gasteiger partial charge in [-0.2, -0.15) is 8.42 Å². The van der Waals surface area contributed by atoms with Crippen molar-refractivity contribution in [3.8, 4) is 0 Å². The molecular weight excluding hydrogens is 482 g/mol. The Bertz CT molecular complexity index is 879. The molecule has 1 aliphatic heterocycles. The molecule has 2 rings (SSSR count). The first-order valence-electron chi connectivity index (χ1n) is 10.0. The fourth-order valence-corrected chi connectivity index (χ4v) is 4.23. The van der Waals surface area contributed by atoms with Gasteiger partial charge in [0.25, 0.3) is 0 Å². The normalized spacial score (nSPS) is 26.1. The van der Waals surface area contributed by atoms with Gasteiger partial charge in [0.1, 0.15) is 34.9 Å². The summed E-state index contributed by atoms with van der Waals surface area (Å²) in [7, 11) is -4.87. The van der Waals surface area contributed by atoms with Gasteiger partial charge in [-0.05, 0) is 37.8 Å². The molecule has 0 spiro atoms. The summed E-state index contributed by atoms with van der Waals surface area (Å²) in [5.41, 5.74) is -0.763. The summed E-state index contributed by atoms with van der Waals surface area (Å²) < 4.78 is 45.1. The Kier molecular flexibility index (Phi) is 11.0. The molecule has 33 heavy (non-hydrogen) atoms. The largest absolute Gasteiger partial charge is 0.466 e. The number of unbranched alkanes of at least 4 members (excludes halogenated alkanes) is 2. The molecule has 0 unspecified atom stereocenters. The third-order valence-corrected chi connectivity index (χ3v) is 6.05. The molecule has 1 heterocycles. The topological polar surface area (TPSA) is 192 Å². The number of hydrogen-bond donors (Lipinski definition) is 5. The number of benzene rings is 1. The van der Waals surface area contributed by atoms with Gasteiger partial charge in [0.05, 0.1) is 18.8 Å². The minimum Gasteiger partial charge on any atom is -0.462 e. The molecule has 0 aromatic heterocycles. The second kappa shape index (κ2) is 13.2. The predicted molar refractivity (Wildman–Crippen MR) is 117 cm³/mol. The number of carbonyl (C=O) groups excluding carboxylic acids is 1. The molecule has 14 heteroatoms. The van der Waals surface area contributed by atoms with Crippen LogP contribution in [0.15, 0.2) is 35.5 Å². The Morgan fingerprint density at radius 3 is 2.39 bits per heavy atom. The van der Waals surface area contributed by atoms with Crippen LogP contribution < -0.4 is 0 Å². The van der Waals surface area contributed by atoms with Gasteiger partial charge in [-0.1, -0.05) is 35.1 Å². The van der Waals surface area contributed by atoms with E-state index in [0.717, 1.165) is 0 Å². The molecule has 0 aliphatic carbocycles. The molecule has 0 amide bonds. The highest BCUT2D eigenvalue weighted by atomic mass is 32.3. The number of aliphatic hydroxyl groups excluding tert-OH is 4. The molecule has 0 bridgehead atoms. The second-order valence-corrected chi connectivity index (χ2v) is 9.29. The lowest BCUT2D eigenvalue weighted by atomic mass is 10.0. The van der Waals surface area contributed by atoms with E-state index in [0.29, 0.717) is 36.6 Å². The lowest BCUT2D eigenvalue weighted by Crippen LogP contribution is -2.57. The van der Waals surface area contributed by atoms with Gasteiger partial charge >= 0.3 is 16.4 Å². The maximum Gasteiger partial charge on any atom is 0.466 e. The Morgan fingerprint density at radius 1 is 1.06 bits per heavy atom. The molecule has 0 saturated carbocycles. The molecule has 1 aromatic rings. The van der Waals surface area contributed by atoms with E-state index < -0.39 is 52.8 Å². The predicted octanol–water partition coefficient (Wildman–Crippen LogP) is 0.0698. The summed E-state index contributed by atoms with van der Waals surface area (Å²) in [6, 6.07) is 8.50. The van der Waals surface area contributed by atoms with E-state index in [2.05, 4.69) is 9.44 Å². The van der Waals surface area contributed by atoms with Crippen LogP contribution in [0.4, 0.5) is 0 Å². The first-order chi connectivity index (χ1) is 15.6. The van der Waals surface area contributed by atoms with Gasteiger partial charge in [-0.15, -0.1) is 0 Å². The number of esters is 1. The van der Waals surface area contributed by atoms with Gasteiger partial charge in [0.2, 0.25) is 0 Å². The van der Waals surface area contributed by atoms with Crippen molar-refractivity contribution in [2.24, 2.45) is 5.16 Å². The fourth-order valence-electron chi connectivity index (χ4n) is 2.89. The van der Waals surface area contributed by atoms with Gasteiger partial charge in [-0.3, -0.25) is 4.55 Å². The van der Waals surface area contributed by atoms with Crippen LogP contribution in [0.1, 0.15) is 36.0 Å². The molecule has 1 aromatic carbocycles. The van der Waals surface area contributed by atoms with Crippen LogP contribution in [0.3, 0.4) is 0 Å². The van der Waals surface area contributed by atoms with Gasteiger partial charge in [0.15, 0.2) is 0 Å². The molecule has 1 saturated heterocycles. The van der Waals surface area contributed by atoms with Crippen molar-refractivity contribution in [1.82, 2.24) is 0 Å². The molecule has 1 fully saturated rings. The lowest BCUT2D eigenvalue weighted by molar-refractivity contribution is -0.205. The molecule has 12 nitrogen and oxygen atoms in total. The van der Waals surface area contributed by atoms with Crippen LogP contribution in [-0.2, 0) is 24.2 Å². The van der Waals surface area contributed by atoms with E-state index in [-0.39, 0.29) is 18.1 Å². The molecule has 186 valence electrons. The zero-order valence-electron chi connectivity index (χ0n) is 17.5. The number of oxime groups is 1. The summed E-state index contributed by atoms with van der Waals surface area (Å²) in [6.07, 6.45) is -4.22. The third kappa shape index (κ3) is 9.17. The fraction of sp³-hybridized carbons (Fsp3) is 0.579. The highest BCUT2D eigenvalue weighted by Gasteiger charge is 2.44. The SMILES string of the molecule is O=C(OCCCCC/C(=N\OS(=O)(=O)O)S[C@@H]1O[C@H](CO)[C@@H](O)[C@H](O)[C@H]1O)c1ccccc1. The number of thioether (sulfide) groups is 1. The van der Waals surface area contributed by atoms with Crippen LogP contribution in [-0.4, -0.2) is 87.5 Å². The van der Waals surface area contributed by atoms with Gasteiger partial charge in [-0.25, -0.2) is 9.08 Å². The van der Waals surface area contributed by atoms with Crippen molar-refractivity contribution < 1.29 is 51.9 Å². The first-order valence-corrected chi connectivity index (χ1v) is 12.3. The maximum atomic E-state index is 11.9. The quantitative estimate of drug-likeness (QED) is 0.0674. The van der Waals surface area contributed by atoms with Crippen LogP contribution in [0.5, 0.6) is 0 Å². The molecular formula is C19H27NO11S2. The Hall–Kier alpha value is -1.78. The monoisotopic (exact) mass is 509 g/mol. The van der Waals surface area contributed by atoms with Crippen molar-refractivity contribution in [2.75, 3.05) is 13.2 Å². The minimum atomic E-state index is -4.87. The molecule has 0 radical (unpaired) electrons. The average molecular weight is 510 g/mol. The Morgan fingerprint density at radius 2 is 1.76 bits per heavy atom. The number of ether oxygens (including phenoxy) is 2. The van der Waals surface area contributed by atoms with Gasteiger partial charge in [0, 0.05) is 0 Å². The van der Waals surface area contributed by atoms with Crippen molar-refractivity contribution >= 4 is 33.2 Å². The van der Waals surface area contributed by atoms with Crippen molar-refractivity contribution in [3.63, 3.8) is 0 Å². The average Bonchev–Trinajstić information content (AvgIpc) is 2.79. The maximum absolute atomic E-state index is 11.9.